The van der Waals surface area contributed by atoms with Crippen LogP contribution in [0.1, 0.15) is 12.0 Å². The van der Waals surface area contributed by atoms with Crippen LogP contribution in [-0.4, -0.2) is 13.2 Å². The van der Waals surface area contributed by atoms with Crippen LogP contribution < -0.4 is 0 Å². The summed E-state index contributed by atoms with van der Waals surface area (Å²) in [7, 11) is 0. The van der Waals surface area contributed by atoms with E-state index in [4.69, 9.17) is 4.74 Å². The number of ether oxygens (including phenoxy) is 1. The highest BCUT2D eigenvalue weighted by Crippen LogP contribution is 2.27. The molecule has 0 saturated carbocycles. The van der Waals surface area contributed by atoms with E-state index in [1.165, 1.54) is 15.6 Å². The minimum atomic E-state index is 0.747. The largest absolute Gasteiger partial charge is 0.377 e. The van der Waals surface area contributed by atoms with Gasteiger partial charge in [0.15, 0.2) is 0 Å². The molecule has 0 N–H and O–H groups in total. The van der Waals surface area contributed by atoms with E-state index in [0.29, 0.717) is 0 Å². The van der Waals surface area contributed by atoms with Crippen molar-refractivity contribution in [1.82, 2.24) is 0 Å². The van der Waals surface area contributed by atoms with Crippen LogP contribution in [0.3, 0.4) is 0 Å². The lowest BCUT2D eigenvalue weighted by atomic mass is 10.0. The molecule has 1 aliphatic rings. The predicted octanol–water partition coefficient (Wildman–Crippen LogP) is 3.25. The Kier molecular flexibility index (Phi) is 2.81. The van der Waals surface area contributed by atoms with Gasteiger partial charge in [0.1, 0.15) is 0 Å². The molecule has 0 saturated heterocycles. The summed E-state index contributed by atoms with van der Waals surface area (Å²) in [6.07, 6.45) is 3.17. The zero-order valence-corrected chi connectivity index (χ0v) is 8.88. The summed E-state index contributed by atoms with van der Waals surface area (Å²) < 4.78 is 6.44. The second kappa shape index (κ2) is 4.07. The van der Waals surface area contributed by atoms with Crippen molar-refractivity contribution in [3.63, 3.8) is 0 Å². The third-order valence-electron chi connectivity index (χ3n) is 2.18. The molecule has 1 aromatic rings. The van der Waals surface area contributed by atoms with Gasteiger partial charge in [-0.3, -0.25) is 0 Å². The van der Waals surface area contributed by atoms with Crippen molar-refractivity contribution < 1.29 is 4.74 Å². The van der Waals surface area contributed by atoms with Gasteiger partial charge >= 0.3 is 0 Å². The Bertz CT molecular complexity index is 331. The number of hydrogen-bond acceptors (Lipinski definition) is 1. The van der Waals surface area contributed by atoms with Gasteiger partial charge < -0.3 is 4.74 Å². The Morgan fingerprint density at radius 2 is 2.08 bits per heavy atom. The lowest BCUT2D eigenvalue weighted by Crippen LogP contribution is -2.03. The predicted molar refractivity (Wildman–Crippen MR) is 57.6 cm³/mol. The van der Waals surface area contributed by atoms with Gasteiger partial charge in [0.25, 0.3) is 0 Å². The van der Waals surface area contributed by atoms with E-state index in [9.17, 15) is 0 Å². The standard InChI is InChI=1S/C11H11BrO/c12-11-4-2-1-3-10(11)9-5-7-13-8-6-9/h1-5H,6-8H2. The van der Waals surface area contributed by atoms with Crippen LogP contribution in [0.15, 0.2) is 34.8 Å². The van der Waals surface area contributed by atoms with E-state index in [0.717, 1.165) is 19.6 Å². The summed E-state index contributed by atoms with van der Waals surface area (Å²) in [5, 5.41) is 0. The lowest BCUT2D eigenvalue weighted by molar-refractivity contribution is 0.161. The number of halogens is 1. The van der Waals surface area contributed by atoms with Gasteiger partial charge in [-0.25, -0.2) is 0 Å². The first-order chi connectivity index (χ1) is 6.38. The van der Waals surface area contributed by atoms with E-state index in [2.05, 4.69) is 40.2 Å². The van der Waals surface area contributed by atoms with Gasteiger partial charge in [-0.2, -0.15) is 0 Å². The van der Waals surface area contributed by atoms with Gasteiger partial charge in [0.2, 0.25) is 0 Å². The molecule has 0 aromatic heterocycles. The van der Waals surface area contributed by atoms with Crippen LogP contribution in [0.2, 0.25) is 0 Å². The highest BCUT2D eigenvalue weighted by molar-refractivity contribution is 9.10. The summed E-state index contributed by atoms with van der Waals surface area (Å²) in [5.74, 6) is 0. The van der Waals surface area contributed by atoms with Gasteiger partial charge in [0.05, 0.1) is 13.2 Å². The van der Waals surface area contributed by atoms with Crippen LogP contribution in [0.4, 0.5) is 0 Å². The Hall–Kier alpha value is -0.600. The number of rotatable bonds is 1. The minimum Gasteiger partial charge on any atom is -0.377 e. The van der Waals surface area contributed by atoms with Crippen LogP contribution >= 0.6 is 15.9 Å². The first-order valence-corrected chi connectivity index (χ1v) is 5.19. The molecule has 0 fully saturated rings. The normalized spacial score (nSPS) is 16.8. The molecule has 2 heteroatoms. The zero-order valence-electron chi connectivity index (χ0n) is 7.29. The fourth-order valence-electron chi connectivity index (χ4n) is 1.49. The molecule has 1 heterocycles. The Morgan fingerprint density at radius 3 is 2.77 bits per heavy atom. The third-order valence-corrected chi connectivity index (χ3v) is 2.87. The highest BCUT2D eigenvalue weighted by atomic mass is 79.9. The van der Waals surface area contributed by atoms with Crippen LogP contribution in [-0.2, 0) is 4.74 Å². The topological polar surface area (TPSA) is 9.23 Å². The second-order valence-corrected chi connectivity index (χ2v) is 3.89. The van der Waals surface area contributed by atoms with Gasteiger partial charge in [0, 0.05) is 4.47 Å². The van der Waals surface area contributed by atoms with Gasteiger partial charge in [-0.05, 0) is 23.6 Å². The molecule has 1 nitrogen and oxygen atoms in total. The summed E-state index contributed by atoms with van der Waals surface area (Å²) in [5.41, 5.74) is 2.68. The fourth-order valence-corrected chi connectivity index (χ4v) is 2.03. The Balaban J connectivity index is 2.34. The van der Waals surface area contributed by atoms with Gasteiger partial charge in [-0.15, -0.1) is 0 Å². The van der Waals surface area contributed by atoms with Gasteiger partial charge in [-0.1, -0.05) is 40.2 Å². The van der Waals surface area contributed by atoms with Crippen molar-refractivity contribution >= 4 is 21.5 Å². The van der Waals surface area contributed by atoms with E-state index in [1.54, 1.807) is 0 Å². The average Bonchev–Trinajstić information content (AvgIpc) is 2.20. The molecule has 0 spiro atoms. The maximum absolute atomic E-state index is 5.27. The van der Waals surface area contributed by atoms with Crippen molar-refractivity contribution in [1.29, 1.82) is 0 Å². The van der Waals surface area contributed by atoms with E-state index in [1.807, 2.05) is 6.07 Å². The SMILES string of the molecule is Brc1ccccc1C1=CCOCC1. The highest BCUT2D eigenvalue weighted by Gasteiger charge is 2.08. The summed E-state index contributed by atoms with van der Waals surface area (Å²) >= 11 is 3.55. The molecule has 0 aliphatic carbocycles. The molecule has 0 atom stereocenters. The molecule has 0 radical (unpaired) electrons. The van der Waals surface area contributed by atoms with E-state index >= 15 is 0 Å². The summed E-state index contributed by atoms with van der Waals surface area (Å²) in [4.78, 5) is 0. The number of benzene rings is 1. The van der Waals surface area contributed by atoms with E-state index < -0.39 is 0 Å². The summed E-state index contributed by atoms with van der Waals surface area (Å²) in [6, 6.07) is 8.32. The average molecular weight is 239 g/mol. The quantitative estimate of drug-likeness (QED) is 0.730. The molecule has 68 valence electrons. The first-order valence-electron chi connectivity index (χ1n) is 4.39. The minimum absolute atomic E-state index is 0.747. The fraction of sp³-hybridized carbons (Fsp3) is 0.273. The summed E-state index contributed by atoms with van der Waals surface area (Å²) in [6.45, 7) is 1.59. The molecular formula is C11H11BrO. The first kappa shape index (κ1) is 8.97. The molecule has 0 bridgehead atoms. The van der Waals surface area contributed by atoms with Crippen molar-refractivity contribution in [2.24, 2.45) is 0 Å². The second-order valence-electron chi connectivity index (χ2n) is 3.03. The number of hydrogen-bond donors (Lipinski definition) is 0. The smallest absolute Gasteiger partial charge is 0.0653 e. The molecule has 2 rings (SSSR count). The maximum atomic E-state index is 5.27. The van der Waals surface area contributed by atoms with Crippen molar-refractivity contribution in [3.05, 3.63) is 40.4 Å². The monoisotopic (exact) mass is 238 g/mol. The van der Waals surface area contributed by atoms with Crippen molar-refractivity contribution in [2.75, 3.05) is 13.2 Å². The van der Waals surface area contributed by atoms with Crippen molar-refractivity contribution in [2.45, 2.75) is 6.42 Å². The molecule has 0 unspecified atom stereocenters. The van der Waals surface area contributed by atoms with Crippen LogP contribution in [0.5, 0.6) is 0 Å². The van der Waals surface area contributed by atoms with Crippen LogP contribution in [0.25, 0.3) is 5.57 Å². The molecule has 1 aromatic carbocycles. The van der Waals surface area contributed by atoms with E-state index in [-0.39, 0.29) is 0 Å². The van der Waals surface area contributed by atoms with Crippen molar-refractivity contribution in [3.8, 4) is 0 Å². The lowest BCUT2D eigenvalue weighted by Gasteiger charge is -2.14. The molecule has 0 amide bonds. The Morgan fingerprint density at radius 1 is 1.23 bits per heavy atom. The molecule has 1 aliphatic heterocycles. The Labute approximate surface area is 86.5 Å². The van der Waals surface area contributed by atoms with Crippen LogP contribution in [0, 0.1) is 0 Å². The third kappa shape index (κ3) is 2.01. The zero-order chi connectivity index (χ0) is 9.10. The molecule has 13 heavy (non-hydrogen) atoms. The maximum Gasteiger partial charge on any atom is 0.0653 e. The molecular weight excluding hydrogens is 228 g/mol.